The molecule has 0 saturated carbocycles. The van der Waals surface area contributed by atoms with Gasteiger partial charge in [0, 0.05) is 31.5 Å². The Morgan fingerprint density at radius 2 is 2.11 bits per heavy atom. The molecule has 0 unspecified atom stereocenters. The van der Waals surface area contributed by atoms with Crippen LogP contribution in [0.15, 0.2) is 18.3 Å². The lowest BCUT2D eigenvalue weighted by molar-refractivity contribution is -0.00522. The number of hydrogen-bond donors (Lipinski definition) is 1. The van der Waals surface area contributed by atoms with E-state index in [2.05, 4.69) is 48.1 Å². The zero-order valence-electron chi connectivity index (χ0n) is 12.2. The van der Waals surface area contributed by atoms with Gasteiger partial charge in [-0.3, -0.25) is 4.98 Å². The molecule has 0 aromatic carbocycles. The van der Waals surface area contributed by atoms with Gasteiger partial charge >= 0.3 is 0 Å². The van der Waals surface area contributed by atoms with E-state index in [9.17, 15) is 0 Å². The molecular weight excluding hydrogens is 238 g/mol. The first kappa shape index (κ1) is 14.3. The molecule has 4 heteroatoms. The van der Waals surface area contributed by atoms with Crippen molar-refractivity contribution in [2.45, 2.75) is 45.9 Å². The maximum atomic E-state index is 5.78. The molecule has 0 bridgehead atoms. The third-order valence-corrected chi connectivity index (χ3v) is 3.32. The highest BCUT2D eigenvalue weighted by Crippen LogP contribution is 2.20. The summed E-state index contributed by atoms with van der Waals surface area (Å²) in [6.45, 7) is 10.2. The molecule has 2 rings (SSSR count). The van der Waals surface area contributed by atoms with Gasteiger partial charge < -0.3 is 15.0 Å². The van der Waals surface area contributed by atoms with E-state index in [-0.39, 0.29) is 0 Å². The van der Waals surface area contributed by atoms with Gasteiger partial charge in [-0.15, -0.1) is 0 Å². The molecule has 0 radical (unpaired) electrons. The van der Waals surface area contributed by atoms with E-state index >= 15 is 0 Å². The number of hydrogen-bond acceptors (Lipinski definition) is 4. The predicted octanol–water partition coefficient (Wildman–Crippen LogP) is 2.19. The number of nitrogens with one attached hydrogen (secondary N) is 1. The second-order valence-electron chi connectivity index (χ2n) is 5.34. The van der Waals surface area contributed by atoms with E-state index in [0.717, 1.165) is 38.3 Å². The van der Waals surface area contributed by atoms with Crippen molar-refractivity contribution in [2.75, 3.05) is 24.5 Å². The Labute approximate surface area is 116 Å². The van der Waals surface area contributed by atoms with Crippen LogP contribution in [0.4, 0.5) is 5.69 Å². The van der Waals surface area contributed by atoms with Crippen molar-refractivity contribution < 1.29 is 4.74 Å². The van der Waals surface area contributed by atoms with Crippen molar-refractivity contribution in [1.82, 2.24) is 10.3 Å². The molecule has 1 saturated heterocycles. The second-order valence-corrected chi connectivity index (χ2v) is 5.34. The van der Waals surface area contributed by atoms with Crippen LogP contribution >= 0.6 is 0 Å². The van der Waals surface area contributed by atoms with Crippen LogP contribution in [0, 0.1) is 0 Å². The number of morpholine rings is 1. The lowest BCUT2D eigenvalue weighted by atomic mass is 10.2. The van der Waals surface area contributed by atoms with Crippen LogP contribution < -0.4 is 10.2 Å². The van der Waals surface area contributed by atoms with Crippen LogP contribution in [-0.2, 0) is 11.3 Å². The van der Waals surface area contributed by atoms with Crippen LogP contribution in [0.1, 0.15) is 32.9 Å². The molecule has 1 N–H and O–H groups in total. The SMILES string of the molecule is CCCNCc1cc(N2C[C@@H](C)O[C@@H](C)C2)ccn1. The number of anilines is 1. The van der Waals surface area contributed by atoms with Gasteiger partial charge in [0.15, 0.2) is 0 Å². The number of aromatic nitrogens is 1. The van der Waals surface area contributed by atoms with Crippen LogP contribution in [0.3, 0.4) is 0 Å². The minimum absolute atomic E-state index is 0.290. The first-order chi connectivity index (χ1) is 9.19. The zero-order valence-corrected chi connectivity index (χ0v) is 12.2. The molecule has 19 heavy (non-hydrogen) atoms. The van der Waals surface area contributed by atoms with E-state index in [1.165, 1.54) is 5.69 Å². The van der Waals surface area contributed by atoms with Crippen molar-refractivity contribution in [3.05, 3.63) is 24.0 Å². The largest absolute Gasteiger partial charge is 0.372 e. The summed E-state index contributed by atoms with van der Waals surface area (Å²) >= 11 is 0. The molecule has 4 nitrogen and oxygen atoms in total. The maximum Gasteiger partial charge on any atom is 0.0726 e. The quantitative estimate of drug-likeness (QED) is 0.826. The molecule has 0 amide bonds. The van der Waals surface area contributed by atoms with Gasteiger partial charge in [-0.2, -0.15) is 0 Å². The highest BCUT2D eigenvalue weighted by molar-refractivity contribution is 5.47. The topological polar surface area (TPSA) is 37.4 Å². The average Bonchev–Trinajstić information content (AvgIpc) is 2.38. The van der Waals surface area contributed by atoms with E-state index in [1.54, 1.807) is 0 Å². The van der Waals surface area contributed by atoms with Crippen molar-refractivity contribution in [3.63, 3.8) is 0 Å². The first-order valence-electron chi connectivity index (χ1n) is 7.25. The molecular formula is C15H25N3O. The molecule has 1 fully saturated rings. The summed E-state index contributed by atoms with van der Waals surface area (Å²) in [4.78, 5) is 6.82. The molecule has 2 heterocycles. The molecule has 2 atom stereocenters. The summed E-state index contributed by atoms with van der Waals surface area (Å²) in [5.74, 6) is 0. The van der Waals surface area contributed by atoms with Crippen molar-refractivity contribution in [3.8, 4) is 0 Å². The summed E-state index contributed by atoms with van der Waals surface area (Å²) in [6.07, 6.45) is 3.64. The van der Waals surface area contributed by atoms with Crippen LogP contribution in [0.5, 0.6) is 0 Å². The van der Waals surface area contributed by atoms with E-state index in [1.807, 2.05) is 6.20 Å². The summed E-state index contributed by atoms with van der Waals surface area (Å²) in [6, 6.07) is 4.28. The third-order valence-electron chi connectivity index (χ3n) is 3.32. The summed E-state index contributed by atoms with van der Waals surface area (Å²) < 4.78 is 5.78. The highest BCUT2D eigenvalue weighted by Gasteiger charge is 2.22. The third kappa shape index (κ3) is 4.18. The van der Waals surface area contributed by atoms with Crippen LogP contribution in [0.25, 0.3) is 0 Å². The normalized spacial score (nSPS) is 23.6. The summed E-state index contributed by atoms with van der Waals surface area (Å²) in [5.41, 5.74) is 2.36. The van der Waals surface area contributed by atoms with Gasteiger partial charge in [0.1, 0.15) is 0 Å². The van der Waals surface area contributed by atoms with Gasteiger partial charge in [-0.05, 0) is 38.9 Å². The fourth-order valence-corrected chi connectivity index (χ4v) is 2.54. The number of ether oxygens (including phenoxy) is 1. The van der Waals surface area contributed by atoms with Crippen LogP contribution in [-0.4, -0.2) is 36.8 Å². The lowest BCUT2D eigenvalue weighted by Crippen LogP contribution is -2.45. The molecule has 1 aliphatic rings. The first-order valence-corrected chi connectivity index (χ1v) is 7.25. The number of nitrogens with zero attached hydrogens (tertiary/aromatic N) is 2. The van der Waals surface area contributed by atoms with Crippen LogP contribution in [0.2, 0.25) is 0 Å². The molecule has 1 aromatic rings. The smallest absolute Gasteiger partial charge is 0.0726 e. The fourth-order valence-electron chi connectivity index (χ4n) is 2.54. The summed E-state index contributed by atoms with van der Waals surface area (Å²) in [5, 5.41) is 3.39. The monoisotopic (exact) mass is 263 g/mol. The van der Waals surface area contributed by atoms with Gasteiger partial charge in [-0.1, -0.05) is 6.92 Å². The van der Waals surface area contributed by atoms with E-state index < -0.39 is 0 Å². The van der Waals surface area contributed by atoms with Crippen molar-refractivity contribution in [2.24, 2.45) is 0 Å². The minimum atomic E-state index is 0.290. The van der Waals surface area contributed by atoms with Gasteiger partial charge in [0.2, 0.25) is 0 Å². The lowest BCUT2D eigenvalue weighted by Gasteiger charge is -2.36. The highest BCUT2D eigenvalue weighted by atomic mass is 16.5. The maximum absolute atomic E-state index is 5.78. The summed E-state index contributed by atoms with van der Waals surface area (Å²) in [7, 11) is 0. The Kier molecular flexibility index (Phi) is 5.16. The Bertz CT molecular complexity index is 387. The van der Waals surface area contributed by atoms with E-state index in [0.29, 0.717) is 12.2 Å². The van der Waals surface area contributed by atoms with E-state index in [4.69, 9.17) is 4.74 Å². The molecule has 1 aliphatic heterocycles. The molecule has 1 aromatic heterocycles. The molecule has 0 aliphatic carbocycles. The Hall–Kier alpha value is -1.13. The zero-order chi connectivity index (χ0) is 13.7. The number of pyridine rings is 1. The Morgan fingerprint density at radius 3 is 2.79 bits per heavy atom. The predicted molar refractivity (Wildman–Crippen MR) is 78.5 cm³/mol. The average molecular weight is 263 g/mol. The molecule has 0 spiro atoms. The van der Waals surface area contributed by atoms with Crippen molar-refractivity contribution in [1.29, 1.82) is 0 Å². The molecule has 106 valence electrons. The second kappa shape index (κ2) is 6.87. The Morgan fingerprint density at radius 1 is 1.37 bits per heavy atom. The van der Waals surface area contributed by atoms with Gasteiger partial charge in [0.05, 0.1) is 17.9 Å². The Balaban J connectivity index is 2.01. The van der Waals surface area contributed by atoms with Gasteiger partial charge in [0.25, 0.3) is 0 Å². The minimum Gasteiger partial charge on any atom is -0.372 e. The standard InChI is InChI=1S/C15H25N3O/c1-4-6-16-9-14-8-15(5-7-17-14)18-10-12(2)19-13(3)11-18/h5,7-8,12-13,16H,4,6,9-11H2,1-3H3/t12-,13+. The van der Waals surface area contributed by atoms with Gasteiger partial charge in [-0.25, -0.2) is 0 Å². The van der Waals surface area contributed by atoms with Crippen molar-refractivity contribution >= 4 is 5.69 Å². The number of rotatable bonds is 5. The fraction of sp³-hybridized carbons (Fsp3) is 0.667.